The van der Waals surface area contributed by atoms with Gasteiger partial charge in [-0.25, -0.2) is 4.98 Å². The van der Waals surface area contributed by atoms with Gasteiger partial charge in [-0.2, -0.15) is 0 Å². The molecule has 0 aliphatic heterocycles. The molecule has 7 nitrogen and oxygen atoms in total. The molecule has 128 valence electrons. The third-order valence-corrected chi connectivity index (χ3v) is 4.44. The zero-order valence-electron chi connectivity index (χ0n) is 13.3. The molecule has 0 fully saturated rings. The van der Waals surface area contributed by atoms with Crippen LogP contribution in [0.25, 0.3) is 10.2 Å². The van der Waals surface area contributed by atoms with Crippen molar-refractivity contribution in [3.05, 3.63) is 72.4 Å². The van der Waals surface area contributed by atoms with Gasteiger partial charge in [0.05, 0.1) is 16.5 Å². The largest absolute Gasteiger partial charge is 0.459 e. The fourth-order valence-corrected chi connectivity index (χ4v) is 3.21. The van der Waals surface area contributed by atoms with Crippen LogP contribution in [0.3, 0.4) is 0 Å². The van der Waals surface area contributed by atoms with Crippen molar-refractivity contribution >= 4 is 44.2 Å². The third kappa shape index (κ3) is 3.31. The number of nitrogens with one attached hydrogen (secondary N) is 2. The van der Waals surface area contributed by atoms with E-state index in [1.807, 2.05) is 0 Å². The number of carbonyl (C=O) groups is 2. The van der Waals surface area contributed by atoms with Crippen LogP contribution >= 0.6 is 11.3 Å². The van der Waals surface area contributed by atoms with Gasteiger partial charge >= 0.3 is 0 Å². The number of rotatable bonds is 4. The number of anilines is 2. The summed E-state index contributed by atoms with van der Waals surface area (Å²) in [7, 11) is 0. The second-order valence-corrected chi connectivity index (χ2v) is 6.33. The maximum absolute atomic E-state index is 12.2. The van der Waals surface area contributed by atoms with Crippen LogP contribution in [-0.2, 0) is 0 Å². The Bertz CT molecular complexity index is 1070. The van der Waals surface area contributed by atoms with E-state index in [4.69, 9.17) is 4.42 Å². The zero-order chi connectivity index (χ0) is 17.9. The second kappa shape index (κ2) is 6.77. The first kappa shape index (κ1) is 16.0. The number of aromatic nitrogens is 2. The molecule has 0 saturated carbocycles. The summed E-state index contributed by atoms with van der Waals surface area (Å²) in [6.07, 6.45) is 3.00. The molecule has 2 amide bonds. The number of hydrogen-bond donors (Lipinski definition) is 2. The minimum atomic E-state index is -0.363. The number of pyridine rings is 1. The number of amides is 2. The normalized spacial score (nSPS) is 10.6. The summed E-state index contributed by atoms with van der Waals surface area (Å²) in [6, 6.07) is 13.7. The van der Waals surface area contributed by atoms with Crippen LogP contribution in [0.15, 0.2) is 65.4 Å². The molecule has 0 saturated heterocycles. The lowest BCUT2D eigenvalue weighted by Gasteiger charge is -2.04. The van der Waals surface area contributed by atoms with Crippen molar-refractivity contribution in [2.75, 3.05) is 10.6 Å². The second-order valence-electron chi connectivity index (χ2n) is 5.30. The van der Waals surface area contributed by atoms with Crippen LogP contribution in [0, 0.1) is 0 Å². The average Bonchev–Trinajstić information content (AvgIpc) is 3.31. The summed E-state index contributed by atoms with van der Waals surface area (Å²) in [6.45, 7) is 0. The van der Waals surface area contributed by atoms with E-state index in [1.54, 1.807) is 54.7 Å². The van der Waals surface area contributed by atoms with E-state index >= 15 is 0 Å². The third-order valence-electron chi connectivity index (χ3n) is 3.51. The van der Waals surface area contributed by atoms with Crippen LogP contribution < -0.4 is 10.6 Å². The van der Waals surface area contributed by atoms with Crippen LogP contribution in [0.1, 0.15) is 21.0 Å². The van der Waals surface area contributed by atoms with Crippen molar-refractivity contribution in [1.29, 1.82) is 0 Å². The molecule has 26 heavy (non-hydrogen) atoms. The highest BCUT2D eigenvalue weighted by Gasteiger charge is 2.13. The van der Waals surface area contributed by atoms with Crippen molar-refractivity contribution < 1.29 is 14.0 Å². The highest BCUT2D eigenvalue weighted by Crippen LogP contribution is 2.29. The highest BCUT2D eigenvalue weighted by molar-refractivity contribution is 7.22. The molecule has 0 unspecified atom stereocenters. The first-order valence-corrected chi connectivity index (χ1v) is 8.48. The van der Waals surface area contributed by atoms with Crippen molar-refractivity contribution in [2.24, 2.45) is 0 Å². The number of fused-ring (bicyclic) bond motifs is 1. The van der Waals surface area contributed by atoms with E-state index in [1.165, 1.54) is 17.6 Å². The fraction of sp³-hybridized carbons (Fsp3) is 0. The van der Waals surface area contributed by atoms with Crippen molar-refractivity contribution in [3.8, 4) is 0 Å². The maximum atomic E-state index is 12.2. The monoisotopic (exact) mass is 364 g/mol. The number of furan rings is 1. The first-order valence-electron chi connectivity index (χ1n) is 7.67. The molecule has 4 aromatic rings. The molecular weight excluding hydrogens is 352 g/mol. The van der Waals surface area contributed by atoms with E-state index in [0.29, 0.717) is 16.5 Å². The molecule has 2 N–H and O–H groups in total. The fourth-order valence-electron chi connectivity index (χ4n) is 2.31. The van der Waals surface area contributed by atoms with Gasteiger partial charge < -0.3 is 9.73 Å². The number of thiazole rings is 1. The van der Waals surface area contributed by atoms with E-state index in [-0.39, 0.29) is 17.6 Å². The highest BCUT2D eigenvalue weighted by atomic mass is 32.1. The number of carbonyl (C=O) groups excluding carboxylic acids is 2. The molecular formula is C18H12N4O3S. The van der Waals surface area contributed by atoms with Crippen LogP contribution in [-0.4, -0.2) is 21.8 Å². The topological polar surface area (TPSA) is 97.1 Å². The van der Waals surface area contributed by atoms with Gasteiger partial charge in [0.1, 0.15) is 5.69 Å². The van der Waals surface area contributed by atoms with Gasteiger partial charge in [-0.05, 0) is 42.5 Å². The minimum Gasteiger partial charge on any atom is -0.459 e. The van der Waals surface area contributed by atoms with E-state index in [9.17, 15) is 9.59 Å². The predicted molar refractivity (Wildman–Crippen MR) is 98.5 cm³/mol. The first-order chi connectivity index (χ1) is 12.7. The number of hydrogen-bond acceptors (Lipinski definition) is 6. The van der Waals surface area contributed by atoms with Gasteiger partial charge in [-0.3, -0.25) is 19.9 Å². The van der Waals surface area contributed by atoms with Gasteiger partial charge in [0, 0.05) is 11.9 Å². The molecule has 0 spiro atoms. The molecule has 0 radical (unpaired) electrons. The van der Waals surface area contributed by atoms with E-state index in [2.05, 4.69) is 20.6 Å². The summed E-state index contributed by atoms with van der Waals surface area (Å²) >= 11 is 1.31. The summed E-state index contributed by atoms with van der Waals surface area (Å²) in [5.41, 5.74) is 1.68. The average molecular weight is 364 g/mol. The van der Waals surface area contributed by atoms with Crippen molar-refractivity contribution in [3.63, 3.8) is 0 Å². The van der Waals surface area contributed by atoms with E-state index in [0.717, 1.165) is 10.2 Å². The Morgan fingerprint density at radius 2 is 1.92 bits per heavy atom. The molecule has 0 aliphatic rings. The van der Waals surface area contributed by atoms with Crippen molar-refractivity contribution in [2.45, 2.75) is 0 Å². The Balaban J connectivity index is 1.52. The standard InChI is InChI=1S/C18H12N4O3S/c23-16(13-4-1-2-8-19-13)20-11-6-7-12-15(10-11)26-18(21-12)22-17(24)14-5-3-9-25-14/h1-10H,(H,20,23)(H,21,22,24). The summed E-state index contributed by atoms with van der Waals surface area (Å²) in [5.74, 6) is -0.439. The molecule has 0 bridgehead atoms. The summed E-state index contributed by atoms with van der Waals surface area (Å²) in [4.78, 5) is 32.6. The smallest absolute Gasteiger partial charge is 0.293 e. The molecule has 0 aliphatic carbocycles. The Labute approximate surface area is 151 Å². The molecule has 4 rings (SSSR count). The van der Waals surface area contributed by atoms with Crippen molar-refractivity contribution in [1.82, 2.24) is 9.97 Å². The van der Waals surface area contributed by atoms with Gasteiger partial charge in [-0.1, -0.05) is 17.4 Å². The summed E-state index contributed by atoms with van der Waals surface area (Å²) in [5, 5.41) is 5.95. The zero-order valence-corrected chi connectivity index (χ0v) is 14.1. The van der Waals surface area contributed by atoms with E-state index < -0.39 is 0 Å². The van der Waals surface area contributed by atoms with Crippen LogP contribution in [0.5, 0.6) is 0 Å². The van der Waals surface area contributed by atoms with Gasteiger partial charge in [-0.15, -0.1) is 0 Å². The summed E-state index contributed by atoms with van der Waals surface area (Å²) < 4.78 is 5.89. The minimum absolute atomic E-state index is 0.215. The molecule has 8 heteroatoms. The quantitative estimate of drug-likeness (QED) is 0.574. The maximum Gasteiger partial charge on any atom is 0.293 e. The SMILES string of the molecule is O=C(Nc1ccc2nc(NC(=O)c3ccco3)sc2c1)c1ccccn1. The Hall–Kier alpha value is -3.52. The number of nitrogens with zero attached hydrogens (tertiary/aromatic N) is 2. The molecule has 3 heterocycles. The van der Waals surface area contributed by atoms with Gasteiger partial charge in [0.25, 0.3) is 11.8 Å². The lowest BCUT2D eigenvalue weighted by molar-refractivity contribution is 0.0994. The molecule has 1 aromatic carbocycles. The van der Waals surface area contributed by atoms with Gasteiger partial charge in [0.2, 0.25) is 0 Å². The van der Waals surface area contributed by atoms with Crippen LogP contribution in [0.4, 0.5) is 10.8 Å². The lowest BCUT2D eigenvalue weighted by atomic mass is 10.2. The lowest BCUT2D eigenvalue weighted by Crippen LogP contribution is -2.13. The van der Waals surface area contributed by atoms with Gasteiger partial charge in [0.15, 0.2) is 10.9 Å². The Morgan fingerprint density at radius 1 is 1.00 bits per heavy atom. The Morgan fingerprint density at radius 3 is 2.69 bits per heavy atom. The molecule has 0 atom stereocenters. The van der Waals surface area contributed by atoms with Crippen LogP contribution in [0.2, 0.25) is 0 Å². The Kier molecular flexibility index (Phi) is 4.16. The number of benzene rings is 1. The predicted octanol–water partition coefficient (Wildman–Crippen LogP) is 3.79. The molecule has 3 aromatic heterocycles.